The molecular formula is C13H18FN. The normalized spacial score (nSPS) is 12.5. The van der Waals surface area contributed by atoms with E-state index in [1.54, 1.807) is 13.0 Å². The van der Waals surface area contributed by atoms with E-state index in [-0.39, 0.29) is 11.9 Å². The molecule has 0 aliphatic carbocycles. The van der Waals surface area contributed by atoms with Crippen LogP contribution in [0.25, 0.3) is 0 Å². The summed E-state index contributed by atoms with van der Waals surface area (Å²) in [6.45, 7) is 7.60. The van der Waals surface area contributed by atoms with Crippen LogP contribution in [0.2, 0.25) is 0 Å². The molecule has 1 N–H and O–H groups in total. The molecule has 0 saturated carbocycles. The van der Waals surface area contributed by atoms with Crippen molar-refractivity contribution < 1.29 is 4.39 Å². The molecule has 0 bridgehead atoms. The van der Waals surface area contributed by atoms with Crippen LogP contribution in [0.15, 0.2) is 30.4 Å². The van der Waals surface area contributed by atoms with Gasteiger partial charge in [-0.05, 0) is 32.9 Å². The van der Waals surface area contributed by atoms with Crippen LogP contribution in [0.3, 0.4) is 0 Å². The van der Waals surface area contributed by atoms with Gasteiger partial charge >= 0.3 is 0 Å². The van der Waals surface area contributed by atoms with Crippen molar-refractivity contribution in [1.82, 2.24) is 5.32 Å². The molecule has 0 radical (unpaired) electrons. The van der Waals surface area contributed by atoms with Crippen LogP contribution in [-0.4, -0.2) is 7.05 Å². The van der Waals surface area contributed by atoms with Crippen molar-refractivity contribution in [1.29, 1.82) is 0 Å². The van der Waals surface area contributed by atoms with Gasteiger partial charge in [0.25, 0.3) is 0 Å². The summed E-state index contributed by atoms with van der Waals surface area (Å²) in [6, 6.07) is 5.51. The minimum atomic E-state index is -0.113. The first-order chi connectivity index (χ1) is 7.06. The first-order valence-electron chi connectivity index (χ1n) is 5.13. The summed E-state index contributed by atoms with van der Waals surface area (Å²) in [4.78, 5) is 0. The summed E-state index contributed by atoms with van der Waals surface area (Å²) in [5.41, 5.74) is 2.46. The second-order valence-electron chi connectivity index (χ2n) is 3.98. The zero-order valence-corrected chi connectivity index (χ0v) is 9.60. The van der Waals surface area contributed by atoms with Crippen molar-refractivity contribution in [3.05, 3.63) is 47.3 Å². The summed E-state index contributed by atoms with van der Waals surface area (Å²) >= 11 is 0. The lowest BCUT2D eigenvalue weighted by atomic mass is 9.98. The Morgan fingerprint density at radius 2 is 2.20 bits per heavy atom. The Hall–Kier alpha value is -1.15. The SMILES string of the molecule is C=C(C)CC(NC)c1cccc(C)c1F. The van der Waals surface area contributed by atoms with Gasteiger partial charge in [-0.2, -0.15) is 0 Å². The number of benzene rings is 1. The van der Waals surface area contributed by atoms with Gasteiger partial charge in [0, 0.05) is 11.6 Å². The molecule has 1 unspecified atom stereocenters. The smallest absolute Gasteiger partial charge is 0.130 e. The lowest BCUT2D eigenvalue weighted by Crippen LogP contribution is -2.18. The fourth-order valence-electron chi connectivity index (χ4n) is 1.66. The number of hydrogen-bond donors (Lipinski definition) is 1. The van der Waals surface area contributed by atoms with E-state index in [9.17, 15) is 4.39 Å². The average Bonchev–Trinajstić information content (AvgIpc) is 2.19. The minimum Gasteiger partial charge on any atom is -0.313 e. The highest BCUT2D eigenvalue weighted by molar-refractivity contribution is 5.28. The third-order valence-corrected chi connectivity index (χ3v) is 2.50. The molecule has 0 aliphatic heterocycles. The first kappa shape index (κ1) is 11.9. The minimum absolute atomic E-state index is 0.0161. The van der Waals surface area contributed by atoms with Crippen molar-refractivity contribution >= 4 is 0 Å². The summed E-state index contributed by atoms with van der Waals surface area (Å²) in [5.74, 6) is -0.113. The van der Waals surface area contributed by atoms with Gasteiger partial charge in [-0.25, -0.2) is 4.39 Å². The molecule has 1 rings (SSSR count). The zero-order valence-electron chi connectivity index (χ0n) is 9.60. The molecule has 1 aromatic rings. The molecule has 0 aliphatic rings. The Labute approximate surface area is 91.0 Å². The predicted molar refractivity (Wildman–Crippen MR) is 62.4 cm³/mol. The number of hydrogen-bond acceptors (Lipinski definition) is 1. The summed E-state index contributed by atoms with van der Waals surface area (Å²) in [5, 5.41) is 3.12. The third-order valence-electron chi connectivity index (χ3n) is 2.50. The maximum absolute atomic E-state index is 13.8. The maximum Gasteiger partial charge on any atom is 0.130 e. The van der Waals surface area contributed by atoms with Crippen LogP contribution < -0.4 is 5.32 Å². The number of rotatable bonds is 4. The van der Waals surface area contributed by atoms with Gasteiger partial charge in [-0.15, -0.1) is 6.58 Å². The van der Waals surface area contributed by atoms with E-state index in [1.165, 1.54) is 0 Å². The molecule has 0 amide bonds. The van der Waals surface area contributed by atoms with Crippen molar-refractivity contribution in [3.63, 3.8) is 0 Å². The molecule has 1 nitrogen and oxygen atoms in total. The van der Waals surface area contributed by atoms with Crippen LogP contribution in [0, 0.1) is 12.7 Å². The lowest BCUT2D eigenvalue weighted by Gasteiger charge is -2.18. The van der Waals surface area contributed by atoms with E-state index in [0.29, 0.717) is 5.56 Å². The lowest BCUT2D eigenvalue weighted by molar-refractivity contribution is 0.529. The van der Waals surface area contributed by atoms with E-state index < -0.39 is 0 Å². The van der Waals surface area contributed by atoms with Gasteiger partial charge in [-0.3, -0.25) is 0 Å². The van der Waals surface area contributed by atoms with Gasteiger partial charge in [0.2, 0.25) is 0 Å². The van der Waals surface area contributed by atoms with Crippen molar-refractivity contribution in [2.45, 2.75) is 26.3 Å². The van der Waals surface area contributed by atoms with E-state index in [2.05, 4.69) is 11.9 Å². The fraction of sp³-hybridized carbons (Fsp3) is 0.385. The van der Waals surface area contributed by atoms with Crippen LogP contribution >= 0.6 is 0 Å². The van der Waals surface area contributed by atoms with Gasteiger partial charge in [-0.1, -0.05) is 23.8 Å². The molecule has 82 valence electrons. The molecule has 1 atom stereocenters. The van der Waals surface area contributed by atoms with Crippen molar-refractivity contribution in [2.75, 3.05) is 7.05 Å². The van der Waals surface area contributed by atoms with Gasteiger partial charge in [0.15, 0.2) is 0 Å². The van der Waals surface area contributed by atoms with Crippen LogP contribution in [0.4, 0.5) is 4.39 Å². The zero-order chi connectivity index (χ0) is 11.4. The Kier molecular flexibility index (Phi) is 4.04. The summed E-state index contributed by atoms with van der Waals surface area (Å²) < 4.78 is 13.8. The van der Waals surface area contributed by atoms with E-state index >= 15 is 0 Å². The van der Waals surface area contributed by atoms with Gasteiger partial charge in [0.05, 0.1) is 0 Å². The topological polar surface area (TPSA) is 12.0 Å². The summed E-state index contributed by atoms with van der Waals surface area (Å²) in [7, 11) is 1.84. The molecule has 2 heteroatoms. The highest BCUT2D eigenvalue weighted by Crippen LogP contribution is 2.24. The molecule has 0 saturated heterocycles. The number of halogens is 1. The quantitative estimate of drug-likeness (QED) is 0.746. The Balaban J connectivity index is 3.01. The molecular weight excluding hydrogens is 189 g/mol. The van der Waals surface area contributed by atoms with E-state index in [4.69, 9.17) is 0 Å². The third kappa shape index (κ3) is 2.90. The standard InChI is InChI=1S/C13H18FN/c1-9(2)8-12(15-4)11-7-5-6-10(3)13(11)14/h5-7,12,15H,1,8H2,2-4H3. The van der Waals surface area contributed by atoms with Crippen LogP contribution in [-0.2, 0) is 0 Å². The first-order valence-corrected chi connectivity index (χ1v) is 5.13. The number of aryl methyl sites for hydroxylation is 1. The molecule has 0 fully saturated rings. The Bertz CT molecular complexity index is 358. The second-order valence-corrected chi connectivity index (χ2v) is 3.98. The van der Waals surface area contributed by atoms with Crippen LogP contribution in [0.1, 0.15) is 30.5 Å². The van der Waals surface area contributed by atoms with Gasteiger partial charge in [0.1, 0.15) is 5.82 Å². The van der Waals surface area contributed by atoms with Crippen molar-refractivity contribution in [3.8, 4) is 0 Å². The largest absolute Gasteiger partial charge is 0.313 e. The molecule has 1 aromatic carbocycles. The van der Waals surface area contributed by atoms with Crippen LogP contribution in [0.5, 0.6) is 0 Å². The highest BCUT2D eigenvalue weighted by atomic mass is 19.1. The Morgan fingerprint density at radius 1 is 1.53 bits per heavy atom. The molecule has 0 spiro atoms. The number of nitrogens with one attached hydrogen (secondary N) is 1. The molecule has 0 aromatic heterocycles. The molecule has 0 heterocycles. The monoisotopic (exact) mass is 207 g/mol. The highest BCUT2D eigenvalue weighted by Gasteiger charge is 2.14. The Morgan fingerprint density at radius 3 is 2.73 bits per heavy atom. The van der Waals surface area contributed by atoms with E-state index in [1.807, 2.05) is 26.1 Å². The van der Waals surface area contributed by atoms with E-state index in [0.717, 1.165) is 17.6 Å². The average molecular weight is 207 g/mol. The molecule has 15 heavy (non-hydrogen) atoms. The predicted octanol–water partition coefficient (Wildman–Crippen LogP) is 3.36. The maximum atomic E-state index is 13.8. The second kappa shape index (κ2) is 5.08. The van der Waals surface area contributed by atoms with Gasteiger partial charge < -0.3 is 5.32 Å². The van der Waals surface area contributed by atoms with Crippen molar-refractivity contribution in [2.24, 2.45) is 0 Å². The summed E-state index contributed by atoms with van der Waals surface area (Å²) in [6.07, 6.45) is 0.761. The fourth-order valence-corrected chi connectivity index (χ4v) is 1.66.